The van der Waals surface area contributed by atoms with Crippen molar-refractivity contribution in [1.29, 1.82) is 0 Å². The van der Waals surface area contributed by atoms with Crippen LogP contribution < -0.4 is 5.32 Å². The highest BCUT2D eigenvalue weighted by Gasteiger charge is 2.23. The molecule has 3 rings (SSSR count). The number of aromatic nitrogens is 3. The molecule has 2 heterocycles. The number of nitrogens with one attached hydrogen (secondary N) is 1. The Morgan fingerprint density at radius 1 is 1.39 bits per heavy atom. The van der Waals surface area contributed by atoms with Crippen LogP contribution in [0.15, 0.2) is 17.4 Å². The molecular weight excluding hydrogens is 355 g/mol. The number of hydrogen-bond donors (Lipinski definition) is 1. The van der Waals surface area contributed by atoms with E-state index in [9.17, 15) is 4.79 Å². The fourth-order valence-corrected chi connectivity index (χ4v) is 4.14. The van der Waals surface area contributed by atoms with Gasteiger partial charge in [-0.15, -0.1) is 10.2 Å². The summed E-state index contributed by atoms with van der Waals surface area (Å²) < 4.78 is 1.71. The molecule has 0 aliphatic heterocycles. The number of thioether (sulfide) groups is 1. The van der Waals surface area contributed by atoms with Gasteiger partial charge in [-0.25, -0.2) is 0 Å². The van der Waals surface area contributed by atoms with E-state index in [0.29, 0.717) is 32.5 Å². The van der Waals surface area contributed by atoms with Crippen molar-refractivity contribution in [3.05, 3.63) is 22.3 Å². The highest BCUT2D eigenvalue weighted by molar-refractivity contribution is 7.99. The lowest BCUT2D eigenvalue weighted by Gasteiger charge is -2.29. The highest BCUT2D eigenvalue weighted by Crippen LogP contribution is 2.26. The van der Waals surface area contributed by atoms with E-state index >= 15 is 0 Å². The van der Waals surface area contributed by atoms with Gasteiger partial charge in [0.25, 0.3) is 0 Å². The Balaban J connectivity index is 1.63. The minimum atomic E-state index is 0.0265. The first-order valence-corrected chi connectivity index (χ1v) is 9.40. The number of hydrogen-bond acceptors (Lipinski definition) is 4. The third-order valence-electron chi connectivity index (χ3n) is 4.19. The van der Waals surface area contributed by atoms with Crippen LogP contribution in [0.3, 0.4) is 0 Å². The molecule has 5 nitrogen and oxygen atoms in total. The Labute approximate surface area is 149 Å². The van der Waals surface area contributed by atoms with Gasteiger partial charge in [0.2, 0.25) is 5.91 Å². The number of carbonyl (C=O) groups excluding carboxylic acids is 1. The van der Waals surface area contributed by atoms with Gasteiger partial charge in [0, 0.05) is 12.2 Å². The summed E-state index contributed by atoms with van der Waals surface area (Å²) in [5.41, 5.74) is 0.542. The summed E-state index contributed by atoms with van der Waals surface area (Å²) in [4.78, 5) is 12.2. The van der Waals surface area contributed by atoms with Crippen molar-refractivity contribution in [2.45, 2.75) is 43.8 Å². The maximum Gasteiger partial charge on any atom is 0.230 e. The monoisotopic (exact) mass is 372 g/mol. The standard InChI is InChI=1S/C15H18Cl2N4OS/c1-9-4-2-3-5-12(9)18-13(22)8-23-15-20-19-14-11(17)6-10(16)7-21(14)15/h6-7,9,12H,2-5,8H2,1H3,(H,18,22)/t9-,12+/m1/s1. The van der Waals surface area contributed by atoms with E-state index in [1.807, 2.05) is 0 Å². The molecule has 1 aliphatic carbocycles. The summed E-state index contributed by atoms with van der Waals surface area (Å²) in [6.07, 6.45) is 6.40. The molecule has 1 N–H and O–H groups in total. The number of amides is 1. The van der Waals surface area contributed by atoms with Crippen LogP contribution in [-0.4, -0.2) is 32.3 Å². The Kier molecular flexibility index (Phi) is 5.34. The number of rotatable bonds is 4. The molecule has 1 amide bonds. The Morgan fingerprint density at radius 3 is 2.96 bits per heavy atom. The number of fused-ring (bicyclic) bond motifs is 1. The summed E-state index contributed by atoms with van der Waals surface area (Å²) in [6, 6.07) is 1.91. The molecule has 2 aromatic rings. The molecule has 8 heteroatoms. The van der Waals surface area contributed by atoms with E-state index < -0.39 is 0 Å². The summed E-state index contributed by atoms with van der Waals surface area (Å²) in [7, 11) is 0. The van der Waals surface area contributed by atoms with E-state index in [2.05, 4.69) is 22.4 Å². The Hall–Kier alpha value is -0.980. The minimum absolute atomic E-state index is 0.0265. The smallest absolute Gasteiger partial charge is 0.230 e. The topological polar surface area (TPSA) is 59.3 Å². The molecule has 0 saturated heterocycles. The van der Waals surface area contributed by atoms with Crippen molar-refractivity contribution in [3.63, 3.8) is 0 Å². The zero-order chi connectivity index (χ0) is 16.4. The van der Waals surface area contributed by atoms with Crippen LogP contribution in [0.25, 0.3) is 5.65 Å². The average molecular weight is 373 g/mol. The fourth-order valence-electron chi connectivity index (χ4n) is 2.91. The van der Waals surface area contributed by atoms with E-state index in [4.69, 9.17) is 23.2 Å². The SMILES string of the molecule is C[C@@H]1CCCC[C@@H]1NC(=O)CSc1nnc2c(Cl)cc(Cl)cn12. The van der Waals surface area contributed by atoms with Crippen molar-refractivity contribution in [2.75, 3.05) is 5.75 Å². The fraction of sp³-hybridized carbons (Fsp3) is 0.533. The lowest BCUT2D eigenvalue weighted by molar-refractivity contribution is -0.119. The van der Waals surface area contributed by atoms with Crippen LogP contribution in [0.1, 0.15) is 32.6 Å². The van der Waals surface area contributed by atoms with Gasteiger partial charge < -0.3 is 5.32 Å². The molecule has 124 valence electrons. The Morgan fingerprint density at radius 2 is 2.17 bits per heavy atom. The lowest BCUT2D eigenvalue weighted by atomic mass is 9.86. The zero-order valence-corrected chi connectivity index (χ0v) is 15.1. The van der Waals surface area contributed by atoms with Crippen LogP contribution >= 0.6 is 35.0 Å². The predicted octanol–water partition coefficient (Wildman–Crippen LogP) is 3.82. The second-order valence-electron chi connectivity index (χ2n) is 5.91. The molecular formula is C15H18Cl2N4OS. The van der Waals surface area contributed by atoms with Crippen LogP contribution in [-0.2, 0) is 4.79 Å². The van der Waals surface area contributed by atoms with Gasteiger partial charge in [-0.1, -0.05) is 54.7 Å². The van der Waals surface area contributed by atoms with E-state index in [-0.39, 0.29) is 11.9 Å². The molecule has 1 aliphatic rings. The normalized spacial score (nSPS) is 21.5. The molecule has 1 saturated carbocycles. The molecule has 0 bridgehead atoms. The highest BCUT2D eigenvalue weighted by atomic mass is 35.5. The minimum Gasteiger partial charge on any atom is -0.352 e. The van der Waals surface area contributed by atoms with E-state index in [0.717, 1.165) is 6.42 Å². The van der Waals surface area contributed by atoms with Gasteiger partial charge in [0.1, 0.15) is 0 Å². The largest absolute Gasteiger partial charge is 0.352 e. The predicted molar refractivity (Wildman–Crippen MR) is 93.3 cm³/mol. The molecule has 0 spiro atoms. The number of nitrogens with zero attached hydrogens (tertiary/aromatic N) is 3. The van der Waals surface area contributed by atoms with Gasteiger partial charge in [0.15, 0.2) is 10.8 Å². The lowest BCUT2D eigenvalue weighted by Crippen LogP contribution is -2.41. The van der Waals surface area contributed by atoms with Crippen molar-refractivity contribution in [1.82, 2.24) is 19.9 Å². The van der Waals surface area contributed by atoms with Crippen molar-refractivity contribution in [2.24, 2.45) is 5.92 Å². The molecule has 1 fully saturated rings. The van der Waals surface area contributed by atoms with Crippen LogP contribution in [0.5, 0.6) is 0 Å². The first-order chi connectivity index (χ1) is 11.0. The third kappa shape index (κ3) is 3.92. The van der Waals surface area contributed by atoms with Gasteiger partial charge in [-0.2, -0.15) is 0 Å². The number of carbonyl (C=O) groups is 1. The van der Waals surface area contributed by atoms with Gasteiger partial charge in [-0.05, 0) is 24.8 Å². The molecule has 2 atom stereocenters. The number of pyridine rings is 1. The quantitative estimate of drug-likeness (QED) is 0.828. The second kappa shape index (κ2) is 7.28. The number of halogens is 2. The van der Waals surface area contributed by atoms with Crippen molar-refractivity contribution >= 4 is 46.5 Å². The van der Waals surface area contributed by atoms with Crippen molar-refractivity contribution < 1.29 is 4.79 Å². The molecule has 0 unspecified atom stereocenters. The second-order valence-corrected chi connectivity index (χ2v) is 7.69. The van der Waals surface area contributed by atoms with Crippen molar-refractivity contribution in [3.8, 4) is 0 Å². The molecule has 23 heavy (non-hydrogen) atoms. The summed E-state index contributed by atoms with van der Waals surface area (Å²) in [6.45, 7) is 2.20. The molecule has 0 aromatic carbocycles. The van der Waals surface area contributed by atoms with Crippen LogP contribution in [0, 0.1) is 5.92 Å². The molecule has 0 radical (unpaired) electrons. The van der Waals surface area contributed by atoms with E-state index in [1.165, 1.54) is 31.0 Å². The van der Waals surface area contributed by atoms with Gasteiger partial charge >= 0.3 is 0 Å². The third-order valence-corrected chi connectivity index (χ3v) is 5.61. The van der Waals surface area contributed by atoms with E-state index in [1.54, 1.807) is 16.7 Å². The Bertz CT molecular complexity index is 721. The maximum atomic E-state index is 12.2. The first kappa shape index (κ1) is 16.9. The zero-order valence-electron chi connectivity index (χ0n) is 12.8. The van der Waals surface area contributed by atoms with Gasteiger partial charge in [0.05, 0.1) is 15.8 Å². The average Bonchev–Trinajstić information content (AvgIpc) is 2.91. The summed E-state index contributed by atoms with van der Waals surface area (Å²) >= 11 is 13.4. The summed E-state index contributed by atoms with van der Waals surface area (Å²) in [5, 5.41) is 12.8. The molecule has 2 aromatic heterocycles. The van der Waals surface area contributed by atoms with Crippen LogP contribution in [0.4, 0.5) is 0 Å². The van der Waals surface area contributed by atoms with Gasteiger partial charge in [-0.3, -0.25) is 9.20 Å². The first-order valence-electron chi connectivity index (χ1n) is 7.66. The van der Waals surface area contributed by atoms with Crippen LogP contribution in [0.2, 0.25) is 10.0 Å². The summed E-state index contributed by atoms with van der Waals surface area (Å²) in [5.74, 6) is 0.872. The maximum absolute atomic E-state index is 12.2.